The molecule has 5 nitrogen and oxygen atoms in total. The first-order valence-corrected chi connectivity index (χ1v) is 6.19. The fourth-order valence-electron chi connectivity index (χ4n) is 1.90. The Bertz CT molecular complexity index is 589. The maximum absolute atomic E-state index is 11.3. The van der Waals surface area contributed by atoms with E-state index < -0.39 is 0 Å². The molecule has 0 atom stereocenters. The molecule has 0 saturated carbocycles. The van der Waals surface area contributed by atoms with Gasteiger partial charge in [0.2, 0.25) is 0 Å². The third kappa shape index (κ3) is 3.34. The molecule has 3 N–H and O–H groups in total. The van der Waals surface area contributed by atoms with E-state index in [1.807, 2.05) is 30.1 Å². The number of rotatable bonds is 5. The number of ketones is 1. The number of nitrogens with zero attached hydrogens (tertiary/aromatic N) is 2. The summed E-state index contributed by atoms with van der Waals surface area (Å²) in [5, 5.41) is 7.47. The minimum Gasteiger partial charge on any atom is -0.398 e. The highest BCUT2D eigenvalue weighted by Crippen LogP contribution is 2.18. The molecule has 0 saturated heterocycles. The van der Waals surface area contributed by atoms with Crippen LogP contribution in [0.2, 0.25) is 0 Å². The Balaban J connectivity index is 1.93. The van der Waals surface area contributed by atoms with Crippen LogP contribution in [0, 0.1) is 6.92 Å². The van der Waals surface area contributed by atoms with Gasteiger partial charge in [-0.15, -0.1) is 0 Å². The second-order valence-corrected chi connectivity index (χ2v) is 4.57. The van der Waals surface area contributed by atoms with Gasteiger partial charge in [0.05, 0.1) is 12.7 Å². The van der Waals surface area contributed by atoms with Crippen molar-refractivity contribution in [2.45, 2.75) is 20.4 Å². The molecule has 100 valence electrons. The molecule has 2 rings (SSSR count). The van der Waals surface area contributed by atoms with Crippen LogP contribution in [0.5, 0.6) is 0 Å². The Morgan fingerprint density at radius 1 is 1.47 bits per heavy atom. The van der Waals surface area contributed by atoms with E-state index in [1.54, 1.807) is 12.1 Å². The van der Waals surface area contributed by atoms with Gasteiger partial charge in [-0.2, -0.15) is 5.10 Å². The van der Waals surface area contributed by atoms with Crippen LogP contribution in [0.25, 0.3) is 0 Å². The summed E-state index contributed by atoms with van der Waals surface area (Å²) in [6, 6.07) is 5.39. The lowest BCUT2D eigenvalue weighted by Gasteiger charge is -2.09. The normalized spacial score (nSPS) is 10.4. The molecule has 0 amide bonds. The first-order chi connectivity index (χ1) is 9.06. The highest BCUT2D eigenvalue weighted by Gasteiger charge is 2.04. The van der Waals surface area contributed by atoms with Crippen LogP contribution < -0.4 is 11.1 Å². The van der Waals surface area contributed by atoms with Crippen LogP contribution in [0.1, 0.15) is 22.8 Å². The van der Waals surface area contributed by atoms with Crippen molar-refractivity contribution in [3.05, 3.63) is 41.7 Å². The lowest BCUT2D eigenvalue weighted by molar-refractivity contribution is 0.101. The third-order valence-corrected chi connectivity index (χ3v) is 2.86. The second-order valence-electron chi connectivity index (χ2n) is 4.57. The third-order valence-electron chi connectivity index (χ3n) is 2.86. The number of aryl methyl sites for hydroxylation is 1. The first kappa shape index (κ1) is 13.1. The van der Waals surface area contributed by atoms with Crippen molar-refractivity contribution >= 4 is 17.2 Å². The van der Waals surface area contributed by atoms with Crippen LogP contribution in [0.4, 0.5) is 11.4 Å². The number of nitrogens with one attached hydrogen (secondary N) is 1. The molecule has 0 aliphatic carbocycles. The van der Waals surface area contributed by atoms with E-state index in [1.165, 1.54) is 6.92 Å². The average Bonchev–Trinajstić information content (AvgIpc) is 2.75. The summed E-state index contributed by atoms with van der Waals surface area (Å²) in [6.45, 7) is 5.05. The molecule has 5 heteroatoms. The molecule has 1 aromatic carbocycles. The lowest BCUT2D eigenvalue weighted by atomic mass is 10.1. The van der Waals surface area contributed by atoms with Crippen LogP contribution in [0.15, 0.2) is 30.6 Å². The van der Waals surface area contributed by atoms with Crippen LogP contribution in [0.3, 0.4) is 0 Å². The van der Waals surface area contributed by atoms with Gasteiger partial charge < -0.3 is 11.1 Å². The van der Waals surface area contributed by atoms with E-state index in [9.17, 15) is 4.79 Å². The SMILES string of the molecule is CC(=O)c1ccc(NCCn2cc(C)cn2)cc1N. The molecule has 2 aromatic rings. The van der Waals surface area contributed by atoms with Gasteiger partial charge in [-0.05, 0) is 37.6 Å². The molecule has 19 heavy (non-hydrogen) atoms. The zero-order valence-corrected chi connectivity index (χ0v) is 11.2. The predicted octanol–water partition coefficient (Wildman–Crippen LogP) is 2.09. The summed E-state index contributed by atoms with van der Waals surface area (Å²) < 4.78 is 1.88. The van der Waals surface area contributed by atoms with Gasteiger partial charge in [-0.25, -0.2) is 0 Å². The molecule has 0 aliphatic rings. The Kier molecular flexibility index (Phi) is 3.85. The summed E-state index contributed by atoms with van der Waals surface area (Å²) in [4.78, 5) is 11.3. The van der Waals surface area contributed by atoms with E-state index in [0.29, 0.717) is 11.3 Å². The number of Topliss-reactive ketones (excluding diaryl/α,β-unsaturated/α-hetero) is 1. The van der Waals surface area contributed by atoms with Crippen molar-refractivity contribution in [1.29, 1.82) is 0 Å². The number of carbonyl (C=O) groups is 1. The fourth-order valence-corrected chi connectivity index (χ4v) is 1.90. The molecule has 0 unspecified atom stereocenters. The number of nitrogens with two attached hydrogens (primary N) is 1. The number of hydrogen-bond donors (Lipinski definition) is 2. The number of carbonyl (C=O) groups excluding carboxylic acids is 1. The zero-order valence-electron chi connectivity index (χ0n) is 11.2. The maximum atomic E-state index is 11.3. The van der Waals surface area contributed by atoms with Crippen molar-refractivity contribution in [3.63, 3.8) is 0 Å². The van der Waals surface area contributed by atoms with Crippen LogP contribution in [-0.2, 0) is 6.54 Å². The monoisotopic (exact) mass is 258 g/mol. The summed E-state index contributed by atoms with van der Waals surface area (Å²) in [5.41, 5.74) is 8.96. The number of benzene rings is 1. The summed E-state index contributed by atoms with van der Waals surface area (Å²) >= 11 is 0. The highest BCUT2D eigenvalue weighted by atomic mass is 16.1. The minimum atomic E-state index is -0.0175. The zero-order chi connectivity index (χ0) is 13.8. The summed E-state index contributed by atoms with van der Waals surface area (Å²) in [6.07, 6.45) is 3.83. The molecule has 0 bridgehead atoms. The maximum Gasteiger partial charge on any atom is 0.161 e. The van der Waals surface area contributed by atoms with Crippen molar-refractivity contribution < 1.29 is 4.79 Å². The number of nitrogen functional groups attached to an aromatic ring is 1. The number of aromatic nitrogens is 2. The molecule has 0 fully saturated rings. The van der Waals surface area contributed by atoms with Crippen LogP contribution >= 0.6 is 0 Å². The minimum absolute atomic E-state index is 0.0175. The molecular weight excluding hydrogens is 240 g/mol. The largest absolute Gasteiger partial charge is 0.398 e. The predicted molar refractivity (Wildman–Crippen MR) is 76.3 cm³/mol. The van der Waals surface area contributed by atoms with E-state index in [-0.39, 0.29) is 5.78 Å². The Labute approximate surface area is 112 Å². The quantitative estimate of drug-likeness (QED) is 0.636. The molecule has 0 aliphatic heterocycles. The summed E-state index contributed by atoms with van der Waals surface area (Å²) in [5.74, 6) is -0.0175. The van der Waals surface area contributed by atoms with Crippen molar-refractivity contribution in [2.75, 3.05) is 17.6 Å². The fraction of sp³-hybridized carbons (Fsp3) is 0.286. The summed E-state index contributed by atoms with van der Waals surface area (Å²) in [7, 11) is 0. The Morgan fingerprint density at radius 3 is 2.84 bits per heavy atom. The highest BCUT2D eigenvalue weighted by molar-refractivity contribution is 5.99. The first-order valence-electron chi connectivity index (χ1n) is 6.19. The van der Waals surface area contributed by atoms with Gasteiger partial charge in [0.15, 0.2) is 5.78 Å². The van der Waals surface area contributed by atoms with Gasteiger partial charge >= 0.3 is 0 Å². The van der Waals surface area contributed by atoms with Crippen molar-refractivity contribution in [1.82, 2.24) is 9.78 Å². The van der Waals surface area contributed by atoms with Crippen molar-refractivity contribution in [2.24, 2.45) is 0 Å². The molecular formula is C14H18N4O. The van der Waals surface area contributed by atoms with Gasteiger partial charge in [0, 0.05) is 29.7 Å². The van der Waals surface area contributed by atoms with Gasteiger partial charge in [-0.3, -0.25) is 9.48 Å². The molecule has 0 spiro atoms. The van der Waals surface area contributed by atoms with Crippen LogP contribution in [-0.4, -0.2) is 22.1 Å². The van der Waals surface area contributed by atoms with E-state index in [2.05, 4.69) is 10.4 Å². The van der Waals surface area contributed by atoms with Crippen molar-refractivity contribution in [3.8, 4) is 0 Å². The number of anilines is 2. The Hall–Kier alpha value is -2.30. The smallest absolute Gasteiger partial charge is 0.161 e. The number of hydrogen-bond acceptors (Lipinski definition) is 4. The molecule has 0 radical (unpaired) electrons. The standard InChI is InChI=1S/C14H18N4O/c1-10-8-17-18(9-10)6-5-16-12-3-4-13(11(2)19)14(15)7-12/h3-4,7-9,16H,5-6,15H2,1-2H3. The average molecular weight is 258 g/mol. The van der Waals surface area contributed by atoms with Gasteiger partial charge in [0.25, 0.3) is 0 Å². The van der Waals surface area contributed by atoms with Gasteiger partial charge in [-0.1, -0.05) is 0 Å². The second kappa shape index (κ2) is 5.56. The molecule has 1 heterocycles. The molecule has 1 aromatic heterocycles. The van der Waals surface area contributed by atoms with E-state index in [0.717, 1.165) is 24.3 Å². The Morgan fingerprint density at radius 2 is 2.26 bits per heavy atom. The van der Waals surface area contributed by atoms with E-state index in [4.69, 9.17) is 5.73 Å². The van der Waals surface area contributed by atoms with Gasteiger partial charge in [0.1, 0.15) is 0 Å². The topological polar surface area (TPSA) is 72.9 Å². The lowest BCUT2D eigenvalue weighted by Crippen LogP contribution is -2.11. The van der Waals surface area contributed by atoms with E-state index >= 15 is 0 Å².